The molecule has 1 atom stereocenters. The highest BCUT2D eigenvalue weighted by Gasteiger charge is 2.23. The predicted octanol–water partition coefficient (Wildman–Crippen LogP) is 1.89. The Morgan fingerprint density at radius 3 is 2.48 bits per heavy atom. The molecule has 1 amide bonds. The van der Waals surface area contributed by atoms with E-state index in [-0.39, 0.29) is 35.9 Å². The molecule has 0 bridgehead atoms. The molecule has 1 aromatic carbocycles. The van der Waals surface area contributed by atoms with Crippen LogP contribution in [0.3, 0.4) is 0 Å². The van der Waals surface area contributed by atoms with Crippen LogP contribution in [-0.2, 0) is 9.84 Å². The number of amides is 1. The van der Waals surface area contributed by atoms with E-state index in [1.54, 1.807) is 39.1 Å². The lowest BCUT2D eigenvalue weighted by Crippen LogP contribution is -2.40. The summed E-state index contributed by atoms with van der Waals surface area (Å²) in [7, 11) is -1.50. The van der Waals surface area contributed by atoms with Crippen molar-refractivity contribution in [3.8, 4) is 0 Å². The average Bonchev–Trinajstić information content (AvgIpc) is 2.39. The van der Waals surface area contributed by atoms with Crippen molar-refractivity contribution in [1.82, 2.24) is 4.90 Å². The predicted molar refractivity (Wildman–Crippen MR) is 88.7 cm³/mol. The number of nitrogen functional groups attached to an aromatic ring is 1. The van der Waals surface area contributed by atoms with Crippen LogP contribution in [0.15, 0.2) is 18.2 Å². The first-order valence-corrected chi connectivity index (χ1v) is 8.33. The fourth-order valence-electron chi connectivity index (χ4n) is 1.86. The molecule has 7 heteroatoms. The second-order valence-corrected chi connectivity index (χ2v) is 7.44. The highest BCUT2D eigenvalue weighted by molar-refractivity contribution is 7.91. The van der Waals surface area contributed by atoms with Crippen molar-refractivity contribution in [2.75, 3.05) is 24.3 Å². The van der Waals surface area contributed by atoms with Gasteiger partial charge in [0.15, 0.2) is 9.84 Å². The van der Waals surface area contributed by atoms with Gasteiger partial charge in [-0.15, -0.1) is 12.4 Å². The Bertz CT molecular complexity index is 602. The highest BCUT2D eigenvalue weighted by Crippen LogP contribution is 2.16. The number of sulfone groups is 1. The van der Waals surface area contributed by atoms with Gasteiger partial charge >= 0.3 is 0 Å². The van der Waals surface area contributed by atoms with E-state index in [9.17, 15) is 13.2 Å². The fourth-order valence-corrected chi connectivity index (χ4v) is 3.05. The summed E-state index contributed by atoms with van der Waals surface area (Å²) in [6, 6.07) is 4.75. The van der Waals surface area contributed by atoms with Gasteiger partial charge in [0.1, 0.15) is 0 Å². The Kier molecular flexibility index (Phi) is 7.19. The third-order valence-corrected chi connectivity index (χ3v) is 5.28. The van der Waals surface area contributed by atoms with Gasteiger partial charge in [-0.1, -0.05) is 13.0 Å². The van der Waals surface area contributed by atoms with Gasteiger partial charge in [-0.3, -0.25) is 4.79 Å². The van der Waals surface area contributed by atoms with Crippen LogP contribution < -0.4 is 5.73 Å². The normalized spacial score (nSPS) is 12.4. The molecule has 0 aromatic heterocycles. The maximum Gasteiger partial charge on any atom is 0.254 e. The zero-order valence-corrected chi connectivity index (χ0v) is 14.4. The van der Waals surface area contributed by atoms with E-state index in [2.05, 4.69) is 0 Å². The van der Waals surface area contributed by atoms with Gasteiger partial charge in [0, 0.05) is 30.1 Å². The molecule has 0 saturated heterocycles. The standard InChI is InChI=1S/C14H22N2O3S.ClH/c1-5-20(18,19)9-11(3)16(4)14(17)13-8-12(15)7-6-10(13)2;/h6-8,11H,5,9,15H2,1-4H3;1H. The number of carbonyl (C=O) groups is 1. The quantitative estimate of drug-likeness (QED) is 0.834. The first-order chi connectivity index (χ1) is 9.18. The molecule has 0 spiro atoms. The topological polar surface area (TPSA) is 80.5 Å². The van der Waals surface area contributed by atoms with Crippen molar-refractivity contribution in [1.29, 1.82) is 0 Å². The maximum absolute atomic E-state index is 12.4. The molecular weight excluding hydrogens is 312 g/mol. The first kappa shape index (κ1) is 19.7. The highest BCUT2D eigenvalue weighted by atomic mass is 35.5. The van der Waals surface area contributed by atoms with Crippen molar-refractivity contribution >= 4 is 33.8 Å². The third kappa shape index (κ3) is 5.21. The van der Waals surface area contributed by atoms with E-state index >= 15 is 0 Å². The zero-order chi connectivity index (χ0) is 15.5. The molecule has 0 aliphatic carbocycles. The summed E-state index contributed by atoms with van der Waals surface area (Å²) in [5.74, 6) is -0.169. The van der Waals surface area contributed by atoms with Crippen LogP contribution in [0.1, 0.15) is 29.8 Å². The second kappa shape index (κ2) is 7.66. The fraction of sp³-hybridized carbons (Fsp3) is 0.500. The Morgan fingerprint density at radius 2 is 1.95 bits per heavy atom. The smallest absolute Gasteiger partial charge is 0.254 e. The molecule has 0 heterocycles. The molecule has 0 aliphatic rings. The number of nitrogens with zero attached hydrogens (tertiary/aromatic N) is 1. The van der Waals surface area contributed by atoms with Gasteiger partial charge in [-0.2, -0.15) is 0 Å². The lowest BCUT2D eigenvalue weighted by molar-refractivity contribution is 0.0756. The molecule has 0 fully saturated rings. The molecule has 21 heavy (non-hydrogen) atoms. The molecule has 2 N–H and O–H groups in total. The van der Waals surface area contributed by atoms with Gasteiger partial charge in [-0.05, 0) is 31.5 Å². The summed E-state index contributed by atoms with van der Waals surface area (Å²) in [6.45, 7) is 5.16. The van der Waals surface area contributed by atoms with Gasteiger partial charge in [0.25, 0.3) is 5.91 Å². The number of nitrogens with two attached hydrogens (primary N) is 1. The Balaban J connectivity index is 0.00000400. The van der Waals surface area contributed by atoms with Crippen molar-refractivity contribution < 1.29 is 13.2 Å². The number of hydrogen-bond acceptors (Lipinski definition) is 4. The minimum Gasteiger partial charge on any atom is -0.399 e. The molecule has 1 rings (SSSR count). The number of rotatable bonds is 5. The van der Waals surface area contributed by atoms with Crippen LogP contribution in [0.4, 0.5) is 5.69 Å². The first-order valence-electron chi connectivity index (χ1n) is 6.51. The zero-order valence-electron chi connectivity index (χ0n) is 12.8. The summed E-state index contributed by atoms with van der Waals surface area (Å²) in [5.41, 5.74) is 7.54. The van der Waals surface area contributed by atoms with Crippen LogP contribution in [0.25, 0.3) is 0 Å². The molecule has 0 radical (unpaired) electrons. The van der Waals surface area contributed by atoms with Crippen molar-refractivity contribution in [3.63, 3.8) is 0 Å². The summed E-state index contributed by atoms with van der Waals surface area (Å²) in [6.07, 6.45) is 0. The van der Waals surface area contributed by atoms with Gasteiger partial charge in [-0.25, -0.2) is 8.42 Å². The largest absolute Gasteiger partial charge is 0.399 e. The molecule has 0 saturated carbocycles. The van der Waals surface area contributed by atoms with Crippen LogP contribution in [-0.4, -0.2) is 43.8 Å². The molecule has 120 valence electrons. The number of hydrogen-bond donors (Lipinski definition) is 1. The average molecular weight is 335 g/mol. The van der Waals surface area contributed by atoms with E-state index in [1.165, 1.54) is 4.90 Å². The number of aryl methyl sites for hydroxylation is 1. The second-order valence-electron chi connectivity index (χ2n) is 5.04. The Hall–Kier alpha value is -1.27. The monoisotopic (exact) mass is 334 g/mol. The van der Waals surface area contributed by atoms with Crippen LogP contribution >= 0.6 is 12.4 Å². The number of benzene rings is 1. The van der Waals surface area contributed by atoms with E-state index < -0.39 is 9.84 Å². The van der Waals surface area contributed by atoms with Crippen molar-refractivity contribution in [2.45, 2.75) is 26.8 Å². The van der Waals surface area contributed by atoms with Crippen LogP contribution in [0.5, 0.6) is 0 Å². The van der Waals surface area contributed by atoms with Crippen molar-refractivity contribution in [3.05, 3.63) is 29.3 Å². The maximum atomic E-state index is 12.4. The van der Waals surface area contributed by atoms with Crippen LogP contribution in [0, 0.1) is 6.92 Å². The Morgan fingerprint density at radius 1 is 1.38 bits per heavy atom. The summed E-state index contributed by atoms with van der Waals surface area (Å²) >= 11 is 0. The number of halogens is 1. The van der Waals surface area contributed by atoms with E-state index in [0.29, 0.717) is 11.3 Å². The molecule has 1 aromatic rings. The molecule has 0 aliphatic heterocycles. The third-order valence-electron chi connectivity index (χ3n) is 3.41. The van der Waals surface area contributed by atoms with E-state index in [0.717, 1.165) is 5.56 Å². The van der Waals surface area contributed by atoms with Gasteiger partial charge in [0.05, 0.1) is 5.75 Å². The SMILES string of the molecule is CCS(=O)(=O)CC(C)N(C)C(=O)c1cc(N)ccc1C.Cl. The van der Waals surface area contributed by atoms with Gasteiger partial charge < -0.3 is 10.6 Å². The molecular formula is C14H23ClN2O3S. The summed E-state index contributed by atoms with van der Waals surface area (Å²) in [5, 5.41) is 0. The van der Waals surface area contributed by atoms with E-state index in [1.807, 2.05) is 6.92 Å². The number of anilines is 1. The van der Waals surface area contributed by atoms with Crippen molar-refractivity contribution in [2.24, 2.45) is 0 Å². The van der Waals surface area contributed by atoms with E-state index in [4.69, 9.17) is 5.73 Å². The van der Waals surface area contributed by atoms with Gasteiger partial charge in [0.2, 0.25) is 0 Å². The minimum atomic E-state index is -3.12. The minimum absolute atomic E-state index is 0. The molecule has 1 unspecified atom stereocenters. The summed E-state index contributed by atoms with van der Waals surface area (Å²) in [4.78, 5) is 13.9. The summed E-state index contributed by atoms with van der Waals surface area (Å²) < 4.78 is 23.3. The lowest BCUT2D eigenvalue weighted by Gasteiger charge is -2.25. The molecule has 5 nitrogen and oxygen atoms in total. The lowest BCUT2D eigenvalue weighted by atomic mass is 10.1. The van der Waals surface area contributed by atoms with Crippen LogP contribution in [0.2, 0.25) is 0 Å². The number of carbonyl (C=O) groups excluding carboxylic acids is 1. The Labute approximate surface area is 132 Å².